The predicted molar refractivity (Wildman–Crippen MR) is 184 cm³/mol. The van der Waals surface area contributed by atoms with Gasteiger partial charge in [0.2, 0.25) is 0 Å². The zero-order chi connectivity index (χ0) is 31.5. The number of aromatic nitrogens is 1. The second kappa shape index (κ2) is 14.7. The molecule has 0 saturated heterocycles. The third kappa shape index (κ3) is 6.86. The molecule has 5 heteroatoms. The second-order valence-corrected chi connectivity index (χ2v) is 12.2. The fraction of sp³-hybridized carbons (Fsp3) is 0.350. The Hall–Kier alpha value is -3.53. The number of pyridine rings is 1. The van der Waals surface area contributed by atoms with Gasteiger partial charge in [0.25, 0.3) is 0 Å². The van der Waals surface area contributed by atoms with Gasteiger partial charge in [-0.05, 0) is 60.2 Å². The molecule has 0 fully saturated rings. The van der Waals surface area contributed by atoms with Crippen LogP contribution < -0.4 is 0 Å². The van der Waals surface area contributed by atoms with Gasteiger partial charge in [-0.2, -0.15) is 0 Å². The molecule has 0 bridgehead atoms. The van der Waals surface area contributed by atoms with Crippen molar-refractivity contribution in [1.82, 2.24) is 4.98 Å². The zero-order valence-corrected chi connectivity index (χ0v) is 29.9. The van der Waals surface area contributed by atoms with Crippen molar-refractivity contribution in [3.05, 3.63) is 101 Å². The Morgan fingerprint density at radius 1 is 0.956 bits per heavy atom. The second-order valence-electron chi connectivity index (χ2n) is 12.2. The molecular weight excluding hydrogens is 735 g/mol. The number of aryl methyl sites for hydroxylation is 1. The van der Waals surface area contributed by atoms with Crippen molar-refractivity contribution >= 4 is 50.1 Å². The molecule has 2 heterocycles. The van der Waals surface area contributed by atoms with Crippen LogP contribution in [0.4, 0.5) is 0 Å². The molecule has 237 valence electrons. The van der Waals surface area contributed by atoms with Gasteiger partial charge in [0.05, 0.1) is 11.3 Å². The Labute approximate surface area is 281 Å². The first-order chi connectivity index (χ1) is 21.2. The standard InChI is InChI=1S/C27H20NO.C13H24O2.Ir/c1-15(2)18-12-17-8-9-28-26-21(14-19(13-18)25(17)26)23-11-16(3)10-22-20-6-4-5-7-24(20)29-27(22)23;1-5-10(6-2)12(14)9-13(15)11(7-3)8-4;/h4-10,12-15H,1-3H3;9-11,14H,5-8H2,1-4H3;/q-1;;/b;12-9-;. The van der Waals surface area contributed by atoms with Crippen molar-refractivity contribution in [1.29, 1.82) is 0 Å². The number of rotatable bonds is 9. The summed E-state index contributed by atoms with van der Waals surface area (Å²) in [6.45, 7) is 14.6. The number of hydrogen-bond donors (Lipinski definition) is 1. The topological polar surface area (TPSA) is 63.3 Å². The number of aliphatic hydroxyl groups excluding tert-OH is 1. The van der Waals surface area contributed by atoms with Crippen LogP contribution in [-0.4, -0.2) is 15.9 Å². The molecule has 0 saturated carbocycles. The third-order valence-electron chi connectivity index (χ3n) is 9.03. The number of benzene rings is 3. The van der Waals surface area contributed by atoms with E-state index in [9.17, 15) is 9.90 Å². The van der Waals surface area contributed by atoms with E-state index in [0.717, 1.165) is 70.0 Å². The maximum atomic E-state index is 11.7. The van der Waals surface area contributed by atoms with Crippen molar-refractivity contribution < 1.29 is 34.4 Å². The number of fused-ring (bicyclic) bond motifs is 3. The quantitative estimate of drug-likeness (QED) is 0.0902. The Bertz CT molecular complexity index is 1890. The first-order valence-electron chi connectivity index (χ1n) is 16.1. The van der Waals surface area contributed by atoms with E-state index in [-0.39, 0.29) is 43.5 Å². The SMILES string of the molecule is CCC(CC)C(=O)/C=C(\O)C(CC)CC.Cc1[c-]c(C2=Cc3cc(C(C)C)cc4ccnc2c34)c2oc3ccccc3c2c1.[Ir]. The monoisotopic (exact) mass is 779 g/mol. The summed E-state index contributed by atoms with van der Waals surface area (Å²) in [7, 11) is 0. The zero-order valence-electron chi connectivity index (χ0n) is 27.5. The fourth-order valence-corrected chi connectivity index (χ4v) is 6.31. The molecule has 0 atom stereocenters. The number of carbonyl (C=O) groups excluding carboxylic acids is 1. The van der Waals surface area contributed by atoms with Gasteiger partial charge in [0.15, 0.2) is 5.78 Å². The number of nitrogens with zero attached hydrogens (tertiary/aromatic N) is 1. The number of ketones is 1. The van der Waals surface area contributed by atoms with Crippen molar-refractivity contribution in [2.45, 2.75) is 80.1 Å². The van der Waals surface area contributed by atoms with Crippen LogP contribution in [0.3, 0.4) is 0 Å². The van der Waals surface area contributed by atoms with Crippen LogP contribution >= 0.6 is 0 Å². The minimum atomic E-state index is 0. The van der Waals surface area contributed by atoms with Crippen molar-refractivity contribution in [3.8, 4) is 0 Å². The van der Waals surface area contributed by atoms with Crippen LogP contribution in [0.15, 0.2) is 71.0 Å². The van der Waals surface area contributed by atoms with Crippen LogP contribution in [0.2, 0.25) is 0 Å². The molecule has 6 rings (SSSR count). The van der Waals surface area contributed by atoms with Gasteiger partial charge in [0, 0.05) is 60.7 Å². The number of allylic oxidation sites excluding steroid dienone is 2. The van der Waals surface area contributed by atoms with Crippen molar-refractivity contribution in [2.75, 3.05) is 0 Å². The van der Waals surface area contributed by atoms with E-state index < -0.39 is 0 Å². The van der Waals surface area contributed by atoms with Gasteiger partial charge in [-0.15, -0.1) is 17.7 Å². The summed E-state index contributed by atoms with van der Waals surface area (Å²) in [6, 6.07) is 20.7. The molecule has 0 spiro atoms. The number of aliphatic hydroxyl groups is 1. The molecule has 1 aliphatic carbocycles. The van der Waals surface area contributed by atoms with Gasteiger partial charge in [0.1, 0.15) is 5.58 Å². The predicted octanol–water partition coefficient (Wildman–Crippen LogP) is 11.1. The maximum absolute atomic E-state index is 11.7. The van der Waals surface area contributed by atoms with Gasteiger partial charge >= 0.3 is 0 Å². The molecule has 1 radical (unpaired) electrons. The average molecular weight is 779 g/mol. The summed E-state index contributed by atoms with van der Waals surface area (Å²) in [4.78, 5) is 16.5. The van der Waals surface area contributed by atoms with E-state index in [4.69, 9.17) is 9.40 Å². The summed E-state index contributed by atoms with van der Waals surface area (Å²) in [5.74, 6) is 1.03. The molecule has 0 amide bonds. The van der Waals surface area contributed by atoms with Crippen LogP contribution in [0.1, 0.15) is 101 Å². The first kappa shape index (κ1) is 34.3. The van der Waals surface area contributed by atoms with Crippen molar-refractivity contribution in [3.63, 3.8) is 0 Å². The first-order valence-corrected chi connectivity index (χ1v) is 16.1. The van der Waals surface area contributed by atoms with Gasteiger partial charge in [-0.25, -0.2) is 0 Å². The average Bonchev–Trinajstić information content (AvgIpc) is 3.58. The molecule has 1 aliphatic rings. The minimum Gasteiger partial charge on any atom is -0.512 e. The number of para-hydroxylation sites is 1. The molecule has 3 aromatic carbocycles. The molecule has 0 unspecified atom stereocenters. The fourth-order valence-electron chi connectivity index (χ4n) is 6.31. The number of hydrogen-bond acceptors (Lipinski definition) is 4. The summed E-state index contributed by atoms with van der Waals surface area (Å²) in [6.07, 6.45) is 9.08. The molecule has 0 aliphatic heterocycles. The van der Waals surface area contributed by atoms with Crippen molar-refractivity contribution in [2.24, 2.45) is 11.8 Å². The largest absolute Gasteiger partial charge is 0.512 e. The maximum Gasteiger partial charge on any atom is 0.162 e. The molecule has 2 aromatic heterocycles. The third-order valence-corrected chi connectivity index (χ3v) is 9.03. The van der Waals surface area contributed by atoms with E-state index in [1.807, 2.05) is 46.0 Å². The van der Waals surface area contributed by atoms with Crippen LogP contribution in [0.5, 0.6) is 0 Å². The Morgan fingerprint density at radius 2 is 1.64 bits per heavy atom. The minimum absolute atomic E-state index is 0. The van der Waals surface area contributed by atoms with E-state index in [1.54, 1.807) is 0 Å². The van der Waals surface area contributed by atoms with E-state index >= 15 is 0 Å². The molecule has 1 N–H and O–H groups in total. The Morgan fingerprint density at radius 3 is 2.31 bits per heavy atom. The molecule has 45 heavy (non-hydrogen) atoms. The van der Waals surface area contributed by atoms with Gasteiger partial charge in [-0.3, -0.25) is 9.78 Å². The van der Waals surface area contributed by atoms with Gasteiger partial charge in [-0.1, -0.05) is 101 Å². The number of furan rings is 1. The summed E-state index contributed by atoms with van der Waals surface area (Å²) < 4.78 is 6.31. The summed E-state index contributed by atoms with van der Waals surface area (Å²) in [5, 5.41) is 14.5. The molecular formula is C40H44IrNO3-. The van der Waals surface area contributed by atoms with Crippen LogP contribution in [0, 0.1) is 24.8 Å². The summed E-state index contributed by atoms with van der Waals surface area (Å²) >= 11 is 0. The Balaban J connectivity index is 0.000000249. The van der Waals surface area contributed by atoms with Crippen LogP contribution in [0.25, 0.3) is 44.4 Å². The van der Waals surface area contributed by atoms with E-state index in [1.165, 1.54) is 28.0 Å². The number of carbonyl (C=O) groups is 1. The molecule has 5 aromatic rings. The van der Waals surface area contributed by atoms with Crippen LogP contribution in [-0.2, 0) is 24.9 Å². The van der Waals surface area contributed by atoms with E-state index in [2.05, 4.69) is 69.3 Å². The molecule has 4 nitrogen and oxygen atoms in total. The Kier molecular flexibility index (Phi) is 11.2. The van der Waals surface area contributed by atoms with E-state index in [0.29, 0.717) is 5.92 Å². The smallest absolute Gasteiger partial charge is 0.162 e. The summed E-state index contributed by atoms with van der Waals surface area (Å²) in [5.41, 5.74) is 8.61. The van der Waals surface area contributed by atoms with Gasteiger partial charge < -0.3 is 9.52 Å². The normalized spacial score (nSPS) is 12.7.